The molecule has 0 aromatic carbocycles. The van der Waals surface area contributed by atoms with Crippen LogP contribution < -0.4 is 0 Å². The lowest BCUT2D eigenvalue weighted by molar-refractivity contribution is 0.100. The number of aromatic nitrogens is 4. The minimum Gasteiger partial charge on any atom is -0.325 e. The topological polar surface area (TPSA) is 52.7 Å². The van der Waals surface area contributed by atoms with E-state index >= 15 is 0 Å². The van der Waals surface area contributed by atoms with Gasteiger partial charge < -0.3 is 9.13 Å². The summed E-state index contributed by atoms with van der Waals surface area (Å²) in [5.74, 6) is 0.828. The molecule has 0 saturated heterocycles. The van der Waals surface area contributed by atoms with Crippen LogP contribution in [0.1, 0.15) is 109 Å². The summed E-state index contributed by atoms with van der Waals surface area (Å²) >= 11 is 0. The average Bonchev–Trinajstić information content (AvgIpc) is 3.10. The number of carbonyl (C=O) groups is 1. The molecule has 0 unspecified atom stereocenters. The van der Waals surface area contributed by atoms with Crippen molar-refractivity contribution < 1.29 is 4.79 Å². The van der Waals surface area contributed by atoms with E-state index in [1.165, 1.54) is 0 Å². The second-order valence-corrected chi connectivity index (χ2v) is 9.73. The van der Waals surface area contributed by atoms with Gasteiger partial charge in [-0.05, 0) is 27.7 Å². The van der Waals surface area contributed by atoms with Crippen LogP contribution in [-0.4, -0.2) is 24.9 Å². The van der Waals surface area contributed by atoms with Gasteiger partial charge in [0.05, 0.1) is 11.4 Å². The Morgan fingerprint density at radius 3 is 1.31 bits per heavy atom. The van der Waals surface area contributed by atoms with Crippen LogP contribution >= 0.6 is 0 Å². The molecule has 5 heteroatoms. The van der Waals surface area contributed by atoms with Gasteiger partial charge in [-0.25, -0.2) is 9.97 Å². The number of imidazole rings is 2. The van der Waals surface area contributed by atoms with Gasteiger partial charge in [-0.2, -0.15) is 0 Å². The van der Waals surface area contributed by atoms with Crippen LogP contribution in [0.2, 0.25) is 0 Å². The maximum Gasteiger partial charge on any atom is 0.263 e. The van der Waals surface area contributed by atoms with Crippen LogP contribution in [0.4, 0.5) is 0 Å². The molecule has 0 aliphatic rings. The van der Waals surface area contributed by atoms with Gasteiger partial charge in [0.2, 0.25) is 0 Å². The fourth-order valence-electron chi connectivity index (χ4n) is 2.73. The van der Waals surface area contributed by atoms with Gasteiger partial charge in [-0.15, -0.1) is 0 Å². The molecule has 0 radical (unpaired) electrons. The Labute approximate surface area is 157 Å². The van der Waals surface area contributed by atoms with Crippen molar-refractivity contribution in [3.05, 3.63) is 35.4 Å². The van der Waals surface area contributed by atoms with Crippen LogP contribution in [0.5, 0.6) is 0 Å². The molecular formula is C21H34N4O. The summed E-state index contributed by atoms with van der Waals surface area (Å²) in [5.41, 5.74) is 1.62. The van der Waals surface area contributed by atoms with Crippen molar-refractivity contribution in [1.82, 2.24) is 19.1 Å². The molecule has 2 aromatic heterocycles. The fourth-order valence-corrected chi connectivity index (χ4v) is 2.73. The molecule has 0 N–H and O–H groups in total. The molecule has 5 nitrogen and oxygen atoms in total. The summed E-state index contributed by atoms with van der Waals surface area (Å²) in [5, 5.41) is 0. The van der Waals surface area contributed by atoms with Crippen LogP contribution in [0, 0.1) is 0 Å². The molecule has 0 aliphatic carbocycles. The van der Waals surface area contributed by atoms with Gasteiger partial charge in [0.1, 0.15) is 0 Å². The van der Waals surface area contributed by atoms with Crippen LogP contribution in [0.15, 0.2) is 12.4 Å². The molecule has 0 saturated carbocycles. The number of nitrogens with zero attached hydrogens (tertiary/aromatic N) is 4. The lowest BCUT2D eigenvalue weighted by Gasteiger charge is -2.14. The Kier molecular flexibility index (Phi) is 5.24. The zero-order chi connectivity index (χ0) is 20.0. The Morgan fingerprint density at radius 2 is 1.08 bits per heavy atom. The first-order valence-corrected chi connectivity index (χ1v) is 9.47. The third kappa shape index (κ3) is 3.92. The molecule has 144 valence electrons. The monoisotopic (exact) mass is 358 g/mol. The highest BCUT2D eigenvalue weighted by molar-refractivity contribution is 6.04. The van der Waals surface area contributed by atoms with Gasteiger partial charge in [-0.1, -0.05) is 41.5 Å². The zero-order valence-electron chi connectivity index (χ0n) is 18.0. The van der Waals surface area contributed by atoms with E-state index in [1.54, 1.807) is 0 Å². The predicted molar refractivity (Wildman–Crippen MR) is 106 cm³/mol. The first-order chi connectivity index (χ1) is 11.7. The van der Waals surface area contributed by atoms with Crippen molar-refractivity contribution >= 4 is 5.78 Å². The van der Waals surface area contributed by atoms with E-state index < -0.39 is 0 Å². The van der Waals surface area contributed by atoms with Crippen molar-refractivity contribution in [3.8, 4) is 0 Å². The molecule has 0 aliphatic heterocycles. The standard InChI is InChI=1S/C21H34N4O/c1-13(2)24-11-15(20(5,6)7)22-18(24)17(26)19-23-16(21(8,9)10)12-25(19)14(3)4/h11-14H,1-10H3. The van der Waals surface area contributed by atoms with Crippen molar-refractivity contribution in [2.24, 2.45) is 0 Å². The molecule has 0 bridgehead atoms. The van der Waals surface area contributed by atoms with Crippen molar-refractivity contribution in [1.29, 1.82) is 0 Å². The first kappa shape index (κ1) is 20.4. The van der Waals surface area contributed by atoms with E-state index in [0.29, 0.717) is 11.6 Å². The highest BCUT2D eigenvalue weighted by Gasteiger charge is 2.29. The number of hydrogen-bond donors (Lipinski definition) is 0. The highest BCUT2D eigenvalue weighted by Crippen LogP contribution is 2.27. The molecule has 0 amide bonds. The summed E-state index contributed by atoms with van der Waals surface area (Å²) < 4.78 is 3.94. The van der Waals surface area contributed by atoms with Crippen molar-refractivity contribution in [2.75, 3.05) is 0 Å². The van der Waals surface area contributed by atoms with Crippen molar-refractivity contribution in [2.45, 2.75) is 92.2 Å². The summed E-state index contributed by atoms with van der Waals surface area (Å²) in [7, 11) is 0. The molecule has 2 rings (SSSR count). The lowest BCUT2D eigenvalue weighted by atomic mass is 9.93. The normalized spacial score (nSPS) is 13.1. The van der Waals surface area contributed by atoms with Crippen LogP contribution in [-0.2, 0) is 10.8 Å². The molecule has 2 aromatic rings. The molecule has 2 heterocycles. The van der Waals surface area contributed by atoms with Gasteiger partial charge in [0.25, 0.3) is 5.78 Å². The molecule has 0 fully saturated rings. The number of ketones is 1. The predicted octanol–water partition coefficient (Wildman–Crippen LogP) is 5.07. The summed E-state index contributed by atoms with van der Waals surface area (Å²) in [6, 6.07) is 0.309. The van der Waals surface area contributed by atoms with E-state index in [2.05, 4.69) is 69.2 Å². The zero-order valence-corrected chi connectivity index (χ0v) is 18.0. The number of hydrogen-bond acceptors (Lipinski definition) is 3. The fraction of sp³-hybridized carbons (Fsp3) is 0.667. The Morgan fingerprint density at radius 1 is 0.769 bits per heavy atom. The van der Waals surface area contributed by atoms with Crippen LogP contribution in [0.25, 0.3) is 0 Å². The summed E-state index contributed by atoms with van der Waals surface area (Å²) in [6.45, 7) is 21.0. The largest absolute Gasteiger partial charge is 0.325 e. The minimum atomic E-state index is -0.113. The Hall–Kier alpha value is -1.91. The Balaban J connectivity index is 2.63. The lowest BCUT2D eigenvalue weighted by Crippen LogP contribution is -2.18. The van der Waals surface area contributed by atoms with E-state index in [-0.39, 0.29) is 28.7 Å². The van der Waals surface area contributed by atoms with Gasteiger partial charge in [0.15, 0.2) is 11.6 Å². The molecular weight excluding hydrogens is 324 g/mol. The maximum absolute atomic E-state index is 13.4. The van der Waals surface area contributed by atoms with Gasteiger partial charge >= 0.3 is 0 Å². The average molecular weight is 359 g/mol. The van der Waals surface area contributed by atoms with E-state index in [9.17, 15) is 4.79 Å². The SMILES string of the molecule is CC(C)n1cc(C(C)(C)C)nc1C(=O)c1nc(C(C)(C)C)cn1C(C)C. The molecule has 0 atom stereocenters. The van der Waals surface area contributed by atoms with Crippen molar-refractivity contribution in [3.63, 3.8) is 0 Å². The van der Waals surface area contributed by atoms with E-state index in [0.717, 1.165) is 11.4 Å². The van der Waals surface area contributed by atoms with Gasteiger partial charge in [0, 0.05) is 35.3 Å². The van der Waals surface area contributed by atoms with E-state index in [4.69, 9.17) is 9.97 Å². The van der Waals surface area contributed by atoms with E-state index in [1.807, 2.05) is 21.5 Å². The second kappa shape index (κ2) is 6.67. The smallest absolute Gasteiger partial charge is 0.263 e. The minimum absolute atomic E-state index is 0.112. The van der Waals surface area contributed by atoms with Crippen LogP contribution in [0.3, 0.4) is 0 Å². The first-order valence-electron chi connectivity index (χ1n) is 9.47. The number of rotatable bonds is 4. The maximum atomic E-state index is 13.4. The highest BCUT2D eigenvalue weighted by atomic mass is 16.1. The molecule has 0 spiro atoms. The third-order valence-corrected chi connectivity index (χ3v) is 4.52. The summed E-state index contributed by atoms with van der Waals surface area (Å²) in [4.78, 5) is 22.8. The van der Waals surface area contributed by atoms with Gasteiger partial charge in [-0.3, -0.25) is 4.79 Å². The second-order valence-electron chi connectivity index (χ2n) is 9.73. The third-order valence-electron chi connectivity index (χ3n) is 4.52. The number of carbonyl (C=O) groups excluding carboxylic acids is 1. The quantitative estimate of drug-likeness (QED) is 0.717. The molecule has 26 heavy (non-hydrogen) atoms. The Bertz CT molecular complexity index is 729. The summed E-state index contributed by atoms with van der Waals surface area (Å²) in [6.07, 6.45) is 4.01.